The van der Waals surface area contributed by atoms with Crippen molar-refractivity contribution in [1.82, 2.24) is 20.1 Å². The predicted molar refractivity (Wildman–Crippen MR) is 96.8 cm³/mol. The van der Waals surface area contributed by atoms with Gasteiger partial charge in [-0.25, -0.2) is 4.79 Å². The molecule has 0 aliphatic carbocycles. The van der Waals surface area contributed by atoms with Gasteiger partial charge in [0.1, 0.15) is 11.4 Å². The van der Waals surface area contributed by atoms with E-state index in [1.54, 1.807) is 44.5 Å². The van der Waals surface area contributed by atoms with Crippen LogP contribution in [-0.2, 0) is 24.1 Å². The van der Waals surface area contributed by atoms with Crippen LogP contribution < -0.4 is 10.1 Å². The molecule has 0 saturated heterocycles. The summed E-state index contributed by atoms with van der Waals surface area (Å²) in [7, 11) is 1.76. The first-order valence-electron chi connectivity index (χ1n) is 8.25. The number of aromatic nitrogens is 3. The lowest BCUT2D eigenvalue weighted by Crippen LogP contribution is -2.32. The third kappa shape index (κ3) is 7.29. The molecule has 1 N–H and O–H groups in total. The number of carbonyl (C=O) groups excluding carboxylic acids is 1. The summed E-state index contributed by atoms with van der Waals surface area (Å²) in [6, 6.07) is 5.62. The smallest absolute Gasteiger partial charge is 0.444 e. The van der Waals surface area contributed by atoms with Crippen molar-refractivity contribution in [1.29, 1.82) is 0 Å². The Kier molecular flexibility index (Phi) is 6.81. The number of thioether (sulfide) groups is 1. The van der Waals surface area contributed by atoms with Gasteiger partial charge in [-0.15, -0.1) is 23.4 Å². The van der Waals surface area contributed by atoms with E-state index in [0.29, 0.717) is 16.7 Å². The van der Waals surface area contributed by atoms with E-state index in [2.05, 4.69) is 20.3 Å². The van der Waals surface area contributed by atoms with Crippen LogP contribution in [0, 0.1) is 0 Å². The second-order valence-electron chi connectivity index (χ2n) is 6.79. The Labute approximate surface area is 164 Å². The van der Waals surface area contributed by atoms with E-state index >= 15 is 0 Å². The highest BCUT2D eigenvalue weighted by atomic mass is 32.2. The number of nitrogens with zero attached hydrogens (tertiary/aromatic N) is 3. The maximum atomic E-state index is 12.2. The SMILES string of the molecule is Cn1c(CNC(=O)OC(C)(C)C)nnc1SCc1ccc(OC(F)(F)F)cc1. The predicted octanol–water partition coefficient (Wildman–Crippen LogP) is 4.03. The number of alkyl halides is 3. The van der Waals surface area contributed by atoms with Gasteiger partial charge >= 0.3 is 12.5 Å². The summed E-state index contributed by atoms with van der Waals surface area (Å²) in [6.07, 6.45) is -5.26. The highest BCUT2D eigenvalue weighted by Gasteiger charge is 2.30. The summed E-state index contributed by atoms with van der Waals surface area (Å²) in [5.41, 5.74) is 0.210. The Morgan fingerprint density at radius 1 is 1.18 bits per heavy atom. The summed E-state index contributed by atoms with van der Waals surface area (Å²) in [5, 5.41) is 11.3. The van der Waals surface area contributed by atoms with Crippen molar-refractivity contribution in [2.75, 3.05) is 0 Å². The Morgan fingerprint density at radius 2 is 1.82 bits per heavy atom. The first-order chi connectivity index (χ1) is 12.9. The van der Waals surface area contributed by atoms with Crippen molar-refractivity contribution in [2.24, 2.45) is 7.05 Å². The minimum absolute atomic E-state index is 0.155. The molecule has 154 valence electrons. The van der Waals surface area contributed by atoms with E-state index in [4.69, 9.17) is 4.74 Å². The molecule has 0 saturated carbocycles. The number of nitrogens with one attached hydrogen (secondary N) is 1. The van der Waals surface area contributed by atoms with Crippen molar-refractivity contribution in [3.05, 3.63) is 35.7 Å². The topological polar surface area (TPSA) is 78.3 Å². The third-order valence-corrected chi connectivity index (χ3v) is 4.33. The van der Waals surface area contributed by atoms with Gasteiger partial charge in [0.25, 0.3) is 0 Å². The minimum Gasteiger partial charge on any atom is -0.444 e. The van der Waals surface area contributed by atoms with Crippen LogP contribution in [0.2, 0.25) is 0 Å². The van der Waals surface area contributed by atoms with E-state index in [1.807, 2.05) is 0 Å². The van der Waals surface area contributed by atoms with E-state index in [9.17, 15) is 18.0 Å². The molecule has 1 aromatic heterocycles. The van der Waals surface area contributed by atoms with Gasteiger partial charge in [0.2, 0.25) is 0 Å². The van der Waals surface area contributed by atoms with Gasteiger partial charge in [0, 0.05) is 12.8 Å². The molecule has 1 amide bonds. The van der Waals surface area contributed by atoms with Crippen molar-refractivity contribution in [2.45, 2.75) is 50.2 Å². The number of rotatable bonds is 6. The molecular formula is C17H21F3N4O3S. The van der Waals surface area contributed by atoms with Crippen molar-refractivity contribution in [3.63, 3.8) is 0 Å². The highest BCUT2D eigenvalue weighted by Crippen LogP contribution is 2.25. The third-order valence-electron chi connectivity index (χ3n) is 3.24. The normalized spacial score (nSPS) is 12.0. The Balaban J connectivity index is 1.88. The largest absolute Gasteiger partial charge is 0.573 e. The van der Waals surface area contributed by atoms with Crippen LogP contribution in [0.1, 0.15) is 32.2 Å². The monoisotopic (exact) mass is 418 g/mol. The van der Waals surface area contributed by atoms with Gasteiger partial charge in [-0.3, -0.25) is 0 Å². The van der Waals surface area contributed by atoms with Gasteiger partial charge in [-0.1, -0.05) is 23.9 Å². The Hall–Kier alpha value is -2.43. The van der Waals surface area contributed by atoms with E-state index in [1.165, 1.54) is 23.9 Å². The van der Waals surface area contributed by atoms with E-state index in [-0.39, 0.29) is 12.3 Å². The Bertz CT molecular complexity index is 801. The van der Waals surface area contributed by atoms with Crippen LogP contribution in [0.15, 0.2) is 29.4 Å². The first-order valence-corrected chi connectivity index (χ1v) is 9.24. The van der Waals surface area contributed by atoms with E-state index < -0.39 is 18.1 Å². The maximum absolute atomic E-state index is 12.2. The molecule has 0 radical (unpaired) electrons. The van der Waals surface area contributed by atoms with Crippen molar-refractivity contribution < 1.29 is 27.4 Å². The molecule has 0 bridgehead atoms. The van der Waals surface area contributed by atoms with Gasteiger partial charge in [-0.2, -0.15) is 0 Å². The standard InChI is InChI=1S/C17H21F3N4O3S/c1-16(2,3)27-15(25)21-9-13-22-23-14(24(13)4)28-10-11-5-7-12(8-6-11)26-17(18,19)20/h5-8H,9-10H2,1-4H3,(H,21,25). The number of carbonyl (C=O) groups is 1. The molecule has 0 fully saturated rings. The fraction of sp³-hybridized carbons (Fsp3) is 0.471. The molecule has 1 heterocycles. The molecule has 0 unspecified atom stereocenters. The van der Waals surface area contributed by atoms with Crippen LogP contribution >= 0.6 is 11.8 Å². The molecule has 7 nitrogen and oxygen atoms in total. The van der Waals surface area contributed by atoms with Crippen LogP contribution in [0.3, 0.4) is 0 Å². The van der Waals surface area contributed by atoms with Gasteiger partial charge in [0.15, 0.2) is 11.0 Å². The molecule has 0 aliphatic rings. The lowest BCUT2D eigenvalue weighted by Gasteiger charge is -2.19. The van der Waals surface area contributed by atoms with Crippen LogP contribution in [0.5, 0.6) is 5.75 Å². The van der Waals surface area contributed by atoms with Crippen molar-refractivity contribution in [3.8, 4) is 5.75 Å². The molecule has 0 spiro atoms. The number of halogens is 3. The lowest BCUT2D eigenvalue weighted by molar-refractivity contribution is -0.274. The molecular weight excluding hydrogens is 397 g/mol. The van der Waals surface area contributed by atoms with Crippen LogP contribution in [0.25, 0.3) is 0 Å². The van der Waals surface area contributed by atoms with Gasteiger partial charge in [-0.05, 0) is 38.5 Å². The first kappa shape index (κ1) is 21.9. The summed E-state index contributed by atoms with van der Waals surface area (Å²) in [5.74, 6) is 0.760. The average Bonchev–Trinajstić information content (AvgIpc) is 2.89. The molecule has 28 heavy (non-hydrogen) atoms. The molecule has 0 aliphatic heterocycles. The molecule has 1 aromatic carbocycles. The zero-order chi connectivity index (χ0) is 20.9. The van der Waals surface area contributed by atoms with Crippen LogP contribution in [-0.4, -0.2) is 32.8 Å². The molecule has 11 heteroatoms. The number of alkyl carbamates (subject to hydrolysis) is 1. The quantitative estimate of drug-likeness (QED) is 0.714. The average molecular weight is 418 g/mol. The van der Waals surface area contributed by atoms with E-state index in [0.717, 1.165) is 5.56 Å². The summed E-state index contributed by atoms with van der Waals surface area (Å²) < 4.78 is 47.2. The number of hydrogen-bond donors (Lipinski definition) is 1. The molecule has 0 atom stereocenters. The lowest BCUT2D eigenvalue weighted by atomic mass is 10.2. The molecule has 2 rings (SSSR count). The maximum Gasteiger partial charge on any atom is 0.573 e. The van der Waals surface area contributed by atoms with Crippen LogP contribution in [0.4, 0.5) is 18.0 Å². The second-order valence-corrected chi connectivity index (χ2v) is 7.74. The summed E-state index contributed by atoms with van der Waals surface area (Å²) in [4.78, 5) is 11.7. The fourth-order valence-electron chi connectivity index (χ4n) is 2.03. The van der Waals surface area contributed by atoms with Crippen molar-refractivity contribution >= 4 is 17.9 Å². The number of hydrogen-bond acceptors (Lipinski definition) is 6. The van der Waals surface area contributed by atoms with Gasteiger partial charge in [0.05, 0.1) is 6.54 Å². The summed E-state index contributed by atoms with van der Waals surface area (Å²) >= 11 is 1.37. The zero-order valence-electron chi connectivity index (χ0n) is 15.8. The Morgan fingerprint density at radius 3 is 2.39 bits per heavy atom. The second kappa shape index (κ2) is 8.72. The summed E-state index contributed by atoms with van der Waals surface area (Å²) in [6.45, 7) is 5.46. The fourth-order valence-corrected chi connectivity index (χ4v) is 2.91. The highest BCUT2D eigenvalue weighted by molar-refractivity contribution is 7.98. The zero-order valence-corrected chi connectivity index (χ0v) is 16.6. The number of ether oxygens (including phenoxy) is 2. The number of benzene rings is 1. The van der Waals surface area contributed by atoms with Gasteiger partial charge < -0.3 is 19.4 Å². The number of amides is 1. The molecule has 2 aromatic rings. The minimum atomic E-state index is -4.71.